The smallest absolute Gasteiger partial charge is 0.269 e. The van der Waals surface area contributed by atoms with Crippen LogP contribution in [0.25, 0.3) is 6.08 Å². The standard InChI is InChI=1S/C20H20N2O4/c1-2-14-3-7-16(8-4-14)20(24)22-21-19(23)10-6-15-5-9-17-18(13-15)26-12-11-25-17/h3-10,13H,2,11-12H2,1H3,(H,21,23)(H,22,24)/b10-6+. The van der Waals surface area contributed by atoms with E-state index in [4.69, 9.17) is 9.47 Å². The number of hydrogen-bond acceptors (Lipinski definition) is 4. The van der Waals surface area contributed by atoms with E-state index in [9.17, 15) is 9.59 Å². The number of fused-ring (bicyclic) bond motifs is 1. The third kappa shape index (κ3) is 4.42. The Labute approximate surface area is 151 Å². The Bertz CT molecular complexity index is 828. The van der Waals surface area contributed by atoms with Crippen molar-refractivity contribution in [2.75, 3.05) is 13.2 Å². The average Bonchev–Trinajstić information content (AvgIpc) is 2.70. The SMILES string of the molecule is CCc1ccc(C(=O)NNC(=O)/C=C/c2ccc3c(c2)OCCO3)cc1. The molecule has 0 saturated carbocycles. The van der Waals surface area contributed by atoms with Crippen LogP contribution in [0.15, 0.2) is 48.5 Å². The summed E-state index contributed by atoms with van der Waals surface area (Å²) in [6, 6.07) is 12.7. The van der Waals surface area contributed by atoms with Crippen LogP contribution in [0.5, 0.6) is 11.5 Å². The van der Waals surface area contributed by atoms with Gasteiger partial charge in [0.1, 0.15) is 13.2 Å². The second-order valence-corrected chi connectivity index (χ2v) is 5.73. The van der Waals surface area contributed by atoms with Crippen molar-refractivity contribution < 1.29 is 19.1 Å². The van der Waals surface area contributed by atoms with Gasteiger partial charge in [0.2, 0.25) is 0 Å². The molecule has 2 aromatic rings. The number of benzene rings is 2. The summed E-state index contributed by atoms with van der Waals surface area (Å²) in [6.45, 7) is 3.08. The number of hydrogen-bond donors (Lipinski definition) is 2. The molecule has 2 N–H and O–H groups in total. The summed E-state index contributed by atoms with van der Waals surface area (Å²) in [5.41, 5.74) is 7.18. The van der Waals surface area contributed by atoms with Gasteiger partial charge in [-0.1, -0.05) is 25.1 Å². The molecule has 3 rings (SSSR count). The molecule has 1 heterocycles. The van der Waals surface area contributed by atoms with Gasteiger partial charge >= 0.3 is 0 Å². The normalized spacial score (nSPS) is 12.7. The van der Waals surface area contributed by atoms with E-state index in [2.05, 4.69) is 10.9 Å². The van der Waals surface area contributed by atoms with Gasteiger partial charge in [0, 0.05) is 11.6 Å². The zero-order valence-corrected chi connectivity index (χ0v) is 14.5. The quantitative estimate of drug-likeness (QED) is 0.655. The first-order valence-electron chi connectivity index (χ1n) is 8.42. The van der Waals surface area contributed by atoms with Crippen molar-refractivity contribution >= 4 is 17.9 Å². The lowest BCUT2D eigenvalue weighted by Gasteiger charge is -2.18. The van der Waals surface area contributed by atoms with Crippen LogP contribution < -0.4 is 20.3 Å². The summed E-state index contributed by atoms with van der Waals surface area (Å²) in [7, 11) is 0. The lowest BCUT2D eigenvalue weighted by molar-refractivity contribution is -0.117. The first kappa shape index (κ1) is 17.5. The molecule has 0 spiro atoms. The van der Waals surface area contributed by atoms with Crippen LogP contribution >= 0.6 is 0 Å². The largest absolute Gasteiger partial charge is 0.486 e. The minimum Gasteiger partial charge on any atom is -0.486 e. The lowest BCUT2D eigenvalue weighted by Crippen LogP contribution is -2.40. The first-order valence-corrected chi connectivity index (χ1v) is 8.42. The zero-order chi connectivity index (χ0) is 18.4. The van der Waals surface area contributed by atoms with Crippen molar-refractivity contribution in [2.45, 2.75) is 13.3 Å². The number of ether oxygens (including phenoxy) is 2. The molecule has 0 saturated heterocycles. The molecule has 6 heteroatoms. The van der Waals surface area contributed by atoms with Crippen LogP contribution in [-0.2, 0) is 11.2 Å². The van der Waals surface area contributed by atoms with E-state index in [1.165, 1.54) is 6.08 Å². The van der Waals surface area contributed by atoms with Gasteiger partial charge in [-0.05, 0) is 47.9 Å². The molecule has 6 nitrogen and oxygen atoms in total. The zero-order valence-electron chi connectivity index (χ0n) is 14.5. The molecule has 0 unspecified atom stereocenters. The molecule has 134 valence electrons. The molecule has 0 fully saturated rings. The Morgan fingerprint density at radius 1 is 1.00 bits per heavy atom. The van der Waals surface area contributed by atoms with E-state index in [0.717, 1.165) is 17.5 Å². The van der Waals surface area contributed by atoms with Crippen molar-refractivity contribution in [3.8, 4) is 11.5 Å². The van der Waals surface area contributed by atoms with Gasteiger partial charge in [0.15, 0.2) is 11.5 Å². The second kappa shape index (κ2) is 8.20. The summed E-state index contributed by atoms with van der Waals surface area (Å²) in [6.07, 6.45) is 3.88. The van der Waals surface area contributed by atoms with Crippen molar-refractivity contribution in [3.05, 3.63) is 65.2 Å². The van der Waals surface area contributed by atoms with Gasteiger partial charge in [0.05, 0.1) is 0 Å². The lowest BCUT2D eigenvalue weighted by atomic mass is 10.1. The fraction of sp³-hybridized carbons (Fsp3) is 0.200. The van der Waals surface area contributed by atoms with Crippen LogP contribution in [0.1, 0.15) is 28.4 Å². The van der Waals surface area contributed by atoms with E-state index < -0.39 is 5.91 Å². The van der Waals surface area contributed by atoms with Crippen molar-refractivity contribution in [3.63, 3.8) is 0 Å². The van der Waals surface area contributed by atoms with Crippen molar-refractivity contribution in [2.24, 2.45) is 0 Å². The summed E-state index contributed by atoms with van der Waals surface area (Å²) in [5, 5.41) is 0. The van der Waals surface area contributed by atoms with Crippen LogP contribution in [0.4, 0.5) is 0 Å². The maximum absolute atomic E-state index is 12.0. The molecule has 1 aliphatic rings. The molecule has 2 amide bonds. The topological polar surface area (TPSA) is 76.7 Å². The number of carbonyl (C=O) groups is 2. The predicted octanol–water partition coefficient (Wildman–Crippen LogP) is 2.49. The summed E-state index contributed by atoms with van der Waals surface area (Å²) < 4.78 is 10.9. The predicted molar refractivity (Wildman–Crippen MR) is 97.9 cm³/mol. The van der Waals surface area contributed by atoms with E-state index in [1.807, 2.05) is 25.1 Å². The first-order chi connectivity index (χ1) is 12.7. The number of nitrogens with one attached hydrogen (secondary N) is 2. The summed E-state index contributed by atoms with van der Waals surface area (Å²) in [5.74, 6) is 0.550. The maximum atomic E-state index is 12.0. The fourth-order valence-corrected chi connectivity index (χ4v) is 2.46. The molecule has 0 aliphatic carbocycles. The van der Waals surface area contributed by atoms with Gasteiger partial charge in [-0.2, -0.15) is 0 Å². The molecule has 0 bridgehead atoms. The average molecular weight is 352 g/mol. The molecule has 1 aliphatic heterocycles. The van der Waals surface area contributed by atoms with Crippen molar-refractivity contribution in [1.29, 1.82) is 0 Å². The molecule has 0 atom stereocenters. The van der Waals surface area contributed by atoms with Crippen molar-refractivity contribution in [1.82, 2.24) is 10.9 Å². The molecular weight excluding hydrogens is 332 g/mol. The Hall–Kier alpha value is -3.28. The summed E-state index contributed by atoms with van der Waals surface area (Å²) >= 11 is 0. The Morgan fingerprint density at radius 2 is 1.73 bits per heavy atom. The van der Waals surface area contributed by atoms with E-state index >= 15 is 0 Å². The van der Waals surface area contributed by atoms with Gasteiger partial charge in [0.25, 0.3) is 11.8 Å². The van der Waals surface area contributed by atoms with Gasteiger partial charge < -0.3 is 9.47 Å². The maximum Gasteiger partial charge on any atom is 0.269 e. The van der Waals surface area contributed by atoms with Crippen LogP contribution in [0.3, 0.4) is 0 Å². The second-order valence-electron chi connectivity index (χ2n) is 5.73. The molecule has 26 heavy (non-hydrogen) atoms. The molecule has 0 aromatic heterocycles. The third-order valence-electron chi connectivity index (χ3n) is 3.92. The number of aryl methyl sites for hydroxylation is 1. The van der Waals surface area contributed by atoms with Crippen LogP contribution in [0, 0.1) is 0 Å². The highest BCUT2D eigenvalue weighted by atomic mass is 16.6. The fourth-order valence-electron chi connectivity index (χ4n) is 2.46. The van der Waals surface area contributed by atoms with E-state index in [-0.39, 0.29) is 5.91 Å². The monoisotopic (exact) mass is 352 g/mol. The van der Waals surface area contributed by atoms with Crippen LogP contribution in [0.2, 0.25) is 0 Å². The molecule has 0 radical (unpaired) electrons. The molecular formula is C20H20N2O4. The molecule has 2 aromatic carbocycles. The highest BCUT2D eigenvalue weighted by molar-refractivity contribution is 5.97. The van der Waals surface area contributed by atoms with Gasteiger partial charge in [-0.25, -0.2) is 0 Å². The Morgan fingerprint density at radius 3 is 2.46 bits per heavy atom. The minimum absolute atomic E-state index is 0.367. The Kier molecular flexibility index (Phi) is 5.53. The third-order valence-corrected chi connectivity index (χ3v) is 3.92. The highest BCUT2D eigenvalue weighted by Crippen LogP contribution is 2.31. The number of amides is 2. The van der Waals surface area contributed by atoms with E-state index in [0.29, 0.717) is 30.3 Å². The summed E-state index contributed by atoms with van der Waals surface area (Å²) in [4.78, 5) is 23.9. The van der Waals surface area contributed by atoms with E-state index in [1.54, 1.807) is 30.3 Å². The number of hydrazine groups is 1. The minimum atomic E-state index is -0.432. The highest BCUT2D eigenvalue weighted by Gasteiger charge is 2.11. The Balaban J connectivity index is 1.53. The number of rotatable bonds is 4. The van der Waals surface area contributed by atoms with Crippen LogP contribution in [-0.4, -0.2) is 25.0 Å². The van der Waals surface area contributed by atoms with Gasteiger partial charge in [-0.15, -0.1) is 0 Å². The number of carbonyl (C=O) groups excluding carboxylic acids is 2. The van der Waals surface area contributed by atoms with Gasteiger partial charge in [-0.3, -0.25) is 20.4 Å².